The van der Waals surface area contributed by atoms with E-state index in [0.717, 1.165) is 18.9 Å². The smallest absolute Gasteiger partial charge is 0.320 e. The van der Waals surface area contributed by atoms with Crippen LogP contribution < -0.4 is 5.32 Å². The summed E-state index contributed by atoms with van der Waals surface area (Å²) < 4.78 is 0. The molecule has 0 saturated heterocycles. The Bertz CT molecular complexity index is 222. The van der Waals surface area contributed by atoms with E-state index in [1.165, 1.54) is 38.5 Å². The summed E-state index contributed by atoms with van der Waals surface area (Å²) in [4.78, 5) is 11.0. The summed E-state index contributed by atoms with van der Waals surface area (Å²) in [5.41, 5.74) is 0. The maximum Gasteiger partial charge on any atom is 0.320 e. The van der Waals surface area contributed by atoms with E-state index in [0.29, 0.717) is 0 Å². The predicted molar refractivity (Wildman–Crippen MR) is 70.1 cm³/mol. The van der Waals surface area contributed by atoms with Gasteiger partial charge in [-0.15, -0.1) is 0 Å². The van der Waals surface area contributed by atoms with Crippen LogP contribution in [0.4, 0.5) is 0 Å². The minimum atomic E-state index is -0.724. The van der Waals surface area contributed by atoms with Gasteiger partial charge in [-0.2, -0.15) is 0 Å². The zero-order valence-electron chi connectivity index (χ0n) is 11.2. The number of hydrogen-bond acceptors (Lipinski definition) is 2. The zero-order valence-corrected chi connectivity index (χ0v) is 11.2. The molecular formula is C14H27NO2. The average molecular weight is 241 g/mol. The lowest BCUT2D eigenvalue weighted by molar-refractivity contribution is -0.140. The molecule has 0 heterocycles. The molecule has 3 nitrogen and oxygen atoms in total. The molecule has 0 bridgehead atoms. The molecule has 1 fully saturated rings. The number of nitrogens with one attached hydrogen (secondary N) is 1. The summed E-state index contributed by atoms with van der Waals surface area (Å²) in [5, 5.41) is 12.2. The van der Waals surface area contributed by atoms with Gasteiger partial charge in [0.25, 0.3) is 0 Å². The van der Waals surface area contributed by atoms with Crippen molar-refractivity contribution < 1.29 is 9.90 Å². The summed E-state index contributed by atoms with van der Waals surface area (Å²) in [6.07, 6.45) is 9.32. The number of carbonyl (C=O) groups is 1. The normalized spacial score (nSPS) is 19.5. The van der Waals surface area contributed by atoms with Gasteiger partial charge in [-0.3, -0.25) is 4.79 Å². The fraction of sp³-hybridized carbons (Fsp3) is 0.929. The molecule has 0 amide bonds. The molecule has 0 spiro atoms. The van der Waals surface area contributed by atoms with E-state index in [1.54, 1.807) is 0 Å². The van der Waals surface area contributed by atoms with Gasteiger partial charge in [-0.25, -0.2) is 0 Å². The van der Waals surface area contributed by atoms with Crippen LogP contribution in [0, 0.1) is 11.8 Å². The van der Waals surface area contributed by atoms with Gasteiger partial charge in [0.05, 0.1) is 0 Å². The molecule has 0 unspecified atom stereocenters. The van der Waals surface area contributed by atoms with Crippen LogP contribution in [0.3, 0.4) is 0 Å². The molecule has 1 atom stereocenters. The Morgan fingerprint density at radius 3 is 2.47 bits per heavy atom. The highest BCUT2D eigenvalue weighted by molar-refractivity contribution is 5.73. The van der Waals surface area contributed by atoms with Crippen molar-refractivity contribution in [1.29, 1.82) is 0 Å². The Hall–Kier alpha value is -0.570. The lowest BCUT2D eigenvalue weighted by Crippen LogP contribution is -2.41. The van der Waals surface area contributed by atoms with Crippen molar-refractivity contribution in [3.05, 3.63) is 0 Å². The molecule has 2 N–H and O–H groups in total. The third-order valence-electron chi connectivity index (χ3n) is 3.81. The van der Waals surface area contributed by atoms with E-state index < -0.39 is 5.97 Å². The lowest BCUT2D eigenvalue weighted by atomic mass is 9.86. The maximum atomic E-state index is 11.0. The first-order valence-corrected chi connectivity index (χ1v) is 7.07. The van der Waals surface area contributed by atoms with Gasteiger partial charge >= 0.3 is 5.97 Å². The summed E-state index contributed by atoms with van der Waals surface area (Å²) in [7, 11) is 0. The van der Waals surface area contributed by atoms with Crippen LogP contribution >= 0.6 is 0 Å². The number of carboxylic acid groups (broad SMARTS) is 1. The Morgan fingerprint density at radius 2 is 1.94 bits per heavy atom. The van der Waals surface area contributed by atoms with Gasteiger partial charge in [-0.1, -0.05) is 46.0 Å². The van der Waals surface area contributed by atoms with Crippen LogP contribution in [0.1, 0.15) is 58.8 Å². The van der Waals surface area contributed by atoms with Crippen LogP contribution in [-0.4, -0.2) is 23.7 Å². The first-order chi connectivity index (χ1) is 8.11. The van der Waals surface area contributed by atoms with E-state index in [-0.39, 0.29) is 12.0 Å². The fourth-order valence-corrected chi connectivity index (χ4v) is 2.73. The molecule has 3 heteroatoms. The van der Waals surface area contributed by atoms with E-state index in [4.69, 9.17) is 5.11 Å². The topological polar surface area (TPSA) is 49.3 Å². The first-order valence-electron chi connectivity index (χ1n) is 7.07. The van der Waals surface area contributed by atoms with Crippen LogP contribution in [-0.2, 0) is 4.79 Å². The lowest BCUT2D eigenvalue weighted by Gasteiger charge is -2.22. The Balaban J connectivity index is 2.11. The van der Waals surface area contributed by atoms with Gasteiger partial charge in [-0.05, 0) is 31.2 Å². The number of rotatable bonds is 7. The molecule has 1 rings (SSSR count). The van der Waals surface area contributed by atoms with Crippen LogP contribution in [0.5, 0.6) is 0 Å². The van der Waals surface area contributed by atoms with Crippen LogP contribution in [0.25, 0.3) is 0 Å². The maximum absolute atomic E-state index is 11.0. The van der Waals surface area contributed by atoms with E-state index in [2.05, 4.69) is 5.32 Å². The van der Waals surface area contributed by atoms with Gasteiger partial charge in [0.1, 0.15) is 6.04 Å². The minimum Gasteiger partial charge on any atom is -0.480 e. The summed E-state index contributed by atoms with van der Waals surface area (Å²) in [5.74, 6) is 0.327. The largest absolute Gasteiger partial charge is 0.480 e. The molecule has 100 valence electrons. The van der Waals surface area contributed by atoms with Crippen molar-refractivity contribution >= 4 is 5.97 Å². The molecule has 0 aromatic heterocycles. The van der Waals surface area contributed by atoms with Crippen molar-refractivity contribution in [1.82, 2.24) is 5.32 Å². The van der Waals surface area contributed by atoms with Gasteiger partial charge in [0.2, 0.25) is 0 Å². The van der Waals surface area contributed by atoms with Gasteiger partial charge < -0.3 is 10.4 Å². The Morgan fingerprint density at radius 1 is 1.29 bits per heavy atom. The second kappa shape index (κ2) is 7.70. The van der Waals surface area contributed by atoms with Crippen molar-refractivity contribution in [2.24, 2.45) is 11.8 Å². The first kappa shape index (κ1) is 14.5. The van der Waals surface area contributed by atoms with E-state index in [1.807, 2.05) is 13.8 Å². The molecule has 0 aliphatic heterocycles. The predicted octanol–water partition coefficient (Wildman–Crippen LogP) is 3.05. The molecule has 1 saturated carbocycles. The van der Waals surface area contributed by atoms with Crippen molar-refractivity contribution in [2.75, 3.05) is 6.54 Å². The molecule has 0 aromatic rings. The summed E-state index contributed by atoms with van der Waals surface area (Å²) in [6, 6.07) is -0.388. The van der Waals surface area contributed by atoms with E-state index in [9.17, 15) is 4.79 Å². The second-order valence-electron chi connectivity index (χ2n) is 5.66. The highest BCUT2D eigenvalue weighted by Crippen LogP contribution is 2.26. The van der Waals surface area contributed by atoms with Gasteiger partial charge in [0, 0.05) is 0 Å². The number of carboxylic acids is 1. The average Bonchev–Trinajstić information content (AvgIpc) is 2.29. The van der Waals surface area contributed by atoms with Gasteiger partial charge in [0.15, 0.2) is 0 Å². The standard InChI is InChI=1S/C14H27NO2/c1-11(2)13(14(16)17)15-10-6-9-12-7-4-3-5-8-12/h11-13,15H,3-10H2,1-2H3,(H,16,17)/t13-/m0/s1. The summed E-state index contributed by atoms with van der Waals surface area (Å²) >= 11 is 0. The number of aliphatic carboxylic acids is 1. The molecular weight excluding hydrogens is 214 g/mol. The second-order valence-corrected chi connectivity index (χ2v) is 5.66. The van der Waals surface area contributed by atoms with Crippen LogP contribution in [0.15, 0.2) is 0 Å². The third kappa shape index (κ3) is 5.53. The Kier molecular flexibility index (Phi) is 6.56. The zero-order chi connectivity index (χ0) is 12.7. The van der Waals surface area contributed by atoms with Crippen molar-refractivity contribution in [2.45, 2.75) is 64.8 Å². The van der Waals surface area contributed by atoms with Crippen LogP contribution in [0.2, 0.25) is 0 Å². The van der Waals surface area contributed by atoms with Crippen molar-refractivity contribution in [3.63, 3.8) is 0 Å². The fourth-order valence-electron chi connectivity index (χ4n) is 2.73. The van der Waals surface area contributed by atoms with Crippen molar-refractivity contribution in [3.8, 4) is 0 Å². The monoisotopic (exact) mass is 241 g/mol. The molecule has 1 aliphatic rings. The highest BCUT2D eigenvalue weighted by atomic mass is 16.4. The SMILES string of the molecule is CC(C)[C@H](NCCCC1CCCCC1)C(=O)O. The Labute approximate surface area is 105 Å². The molecule has 0 aromatic carbocycles. The quantitative estimate of drug-likeness (QED) is 0.674. The van der Waals surface area contributed by atoms with E-state index >= 15 is 0 Å². The summed E-state index contributed by atoms with van der Waals surface area (Å²) in [6.45, 7) is 4.74. The highest BCUT2D eigenvalue weighted by Gasteiger charge is 2.20. The third-order valence-corrected chi connectivity index (χ3v) is 3.81. The molecule has 0 radical (unpaired) electrons. The number of hydrogen-bond donors (Lipinski definition) is 2. The molecule has 17 heavy (non-hydrogen) atoms. The molecule has 1 aliphatic carbocycles. The minimum absolute atomic E-state index is 0.155.